The lowest BCUT2D eigenvalue weighted by molar-refractivity contribution is -0.126. The molecule has 1 aromatic carbocycles. The number of methoxy groups -OCH3 is 1. The Kier molecular flexibility index (Phi) is 7.03. The van der Waals surface area contributed by atoms with Crippen LogP contribution in [0.1, 0.15) is 47.1 Å². The minimum Gasteiger partial charge on any atom is -0.493 e. The van der Waals surface area contributed by atoms with Crippen molar-refractivity contribution in [3.63, 3.8) is 0 Å². The van der Waals surface area contributed by atoms with Crippen molar-refractivity contribution in [2.45, 2.75) is 40.2 Å². The molecule has 0 unspecified atom stereocenters. The van der Waals surface area contributed by atoms with Gasteiger partial charge >= 0.3 is 0 Å². The Morgan fingerprint density at radius 2 is 2.03 bits per heavy atom. The van der Waals surface area contributed by atoms with E-state index in [0.29, 0.717) is 43.4 Å². The number of likely N-dealkylation sites (tertiary alicyclic amines) is 1. The molecule has 162 valence electrons. The second-order valence-corrected chi connectivity index (χ2v) is 7.74. The first-order valence-corrected chi connectivity index (χ1v) is 10.5. The SMILES string of the molecule is CCOc1ccc(CNC(=O)[C@@H]2CCCN(C(=O)c3[nH]c(C)cc3C)C2)cc1OC. The number of aryl methyl sites for hydroxylation is 2. The fourth-order valence-corrected chi connectivity index (χ4v) is 3.91. The molecule has 2 N–H and O–H groups in total. The molecule has 0 saturated carbocycles. The molecule has 1 aromatic heterocycles. The van der Waals surface area contributed by atoms with Crippen LogP contribution in [0.25, 0.3) is 0 Å². The van der Waals surface area contributed by atoms with Crippen LogP contribution in [0.15, 0.2) is 24.3 Å². The molecule has 1 saturated heterocycles. The van der Waals surface area contributed by atoms with Gasteiger partial charge in [0, 0.05) is 25.3 Å². The third-order valence-electron chi connectivity index (χ3n) is 5.44. The van der Waals surface area contributed by atoms with E-state index in [4.69, 9.17) is 9.47 Å². The van der Waals surface area contributed by atoms with E-state index >= 15 is 0 Å². The van der Waals surface area contributed by atoms with Crippen molar-refractivity contribution < 1.29 is 19.1 Å². The van der Waals surface area contributed by atoms with Gasteiger partial charge in [-0.3, -0.25) is 9.59 Å². The van der Waals surface area contributed by atoms with Gasteiger partial charge in [-0.1, -0.05) is 6.07 Å². The minimum atomic E-state index is -0.205. The average Bonchev–Trinajstić information content (AvgIpc) is 3.10. The number of ether oxygens (including phenoxy) is 2. The Labute approximate surface area is 177 Å². The zero-order chi connectivity index (χ0) is 21.7. The number of nitrogens with one attached hydrogen (secondary N) is 2. The number of aromatic amines is 1. The molecule has 7 nitrogen and oxygen atoms in total. The largest absolute Gasteiger partial charge is 0.493 e. The molecule has 0 radical (unpaired) electrons. The average molecular weight is 414 g/mol. The zero-order valence-corrected chi connectivity index (χ0v) is 18.2. The van der Waals surface area contributed by atoms with Crippen LogP contribution in [0.4, 0.5) is 0 Å². The predicted octanol–water partition coefficient (Wildman–Crippen LogP) is 3.21. The van der Waals surface area contributed by atoms with Gasteiger partial charge in [0.1, 0.15) is 5.69 Å². The van der Waals surface area contributed by atoms with E-state index < -0.39 is 0 Å². The lowest BCUT2D eigenvalue weighted by atomic mass is 9.96. The molecule has 1 fully saturated rings. The predicted molar refractivity (Wildman–Crippen MR) is 115 cm³/mol. The smallest absolute Gasteiger partial charge is 0.270 e. The molecule has 0 aliphatic carbocycles. The number of aromatic nitrogens is 1. The fraction of sp³-hybridized carbons (Fsp3) is 0.478. The van der Waals surface area contributed by atoms with Crippen molar-refractivity contribution in [1.82, 2.24) is 15.2 Å². The summed E-state index contributed by atoms with van der Waals surface area (Å²) in [6, 6.07) is 7.61. The Bertz CT molecular complexity index is 906. The molecule has 2 amide bonds. The number of nitrogens with zero attached hydrogens (tertiary/aromatic N) is 1. The number of hydrogen-bond donors (Lipinski definition) is 2. The van der Waals surface area contributed by atoms with Crippen LogP contribution in [0.5, 0.6) is 11.5 Å². The standard InChI is InChI=1S/C23H31N3O4/c1-5-30-19-9-8-17(12-20(19)29-4)13-24-22(27)18-7-6-10-26(14-18)23(28)21-15(2)11-16(3)25-21/h8-9,11-12,18,25H,5-7,10,13-14H2,1-4H3,(H,24,27)/t18-/m1/s1. The summed E-state index contributed by atoms with van der Waals surface area (Å²) in [5.41, 5.74) is 3.46. The lowest BCUT2D eigenvalue weighted by Crippen LogP contribution is -2.45. The molecule has 1 aliphatic rings. The molecule has 1 atom stereocenters. The molecule has 2 aromatic rings. The van der Waals surface area contributed by atoms with E-state index in [-0.39, 0.29) is 17.7 Å². The van der Waals surface area contributed by atoms with E-state index in [2.05, 4.69) is 10.3 Å². The molecule has 0 bridgehead atoms. The number of piperidine rings is 1. The van der Waals surface area contributed by atoms with Crippen molar-refractivity contribution >= 4 is 11.8 Å². The van der Waals surface area contributed by atoms with Crippen molar-refractivity contribution in [3.05, 3.63) is 46.8 Å². The summed E-state index contributed by atoms with van der Waals surface area (Å²) in [7, 11) is 1.60. The van der Waals surface area contributed by atoms with Gasteiger partial charge in [0.05, 0.1) is 19.6 Å². The van der Waals surface area contributed by atoms with Crippen LogP contribution in [0.3, 0.4) is 0 Å². The monoisotopic (exact) mass is 413 g/mol. The van der Waals surface area contributed by atoms with E-state index in [1.165, 1.54) is 0 Å². The highest BCUT2D eigenvalue weighted by molar-refractivity contribution is 5.94. The number of rotatable bonds is 7. The van der Waals surface area contributed by atoms with Gasteiger partial charge in [-0.05, 0) is 62.9 Å². The normalized spacial score (nSPS) is 16.3. The second-order valence-electron chi connectivity index (χ2n) is 7.74. The van der Waals surface area contributed by atoms with Gasteiger partial charge in [-0.2, -0.15) is 0 Å². The van der Waals surface area contributed by atoms with Gasteiger partial charge in [0.25, 0.3) is 5.91 Å². The molecular formula is C23H31N3O4. The first-order chi connectivity index (χ1) is 14.4. The van der Waals surface area contributed by atoms with Crippen LogP contribution in [0.2, 0.25) is 0 Å². The van der Waals surface area contributed by atoms with Crippen LogP contribution < -0.4 is 14.8 Å². The molecule has 2 heterocycles. The Morgan fingerprint density at radius 3 is 2.70 bits per heavy atom. The quantitative estimate of drug-likeness (QED) is 0.730. The number of hydrogen-bond acceptors (Lipinski definition) is 4. The van der Waals surface area contributed by atoms with Crippen molar-refractivity contribution in [3.8, 4) is 11.5 Å². The number of carbonyl (C=O) groups is 2. The third-order valence-corrected chi connectivity index (χ3v) is 5.44. The van der Waals surface area contributed by atoms with E-state index in [1.807, 2.05) is 45.0 Å². The topological polar surface area (TPSA) is 83.7 Å². The summed E-state index contributed by atoms with van der Waals surface area (Å²) in [6.45, 7) is 7.86. The van der Waals surface area contributed by atoms with Gasteiger partial charge in [-0.25, -0.2) is 0 Å². The number of amides is 2. The number of carbonyl (C=O) groups excluding carboxylic acids is 2. The summed E-state index contributed by atoms with van der Waals surface area (Å²) in [5, 5.41) is 3.01. The molecule has 0 spiro atoms. The van der Waals surface area contributed by atoms with Gasteiger partial charge in [-0.15, -0.1) is 0 Å². The molecule has 30 heavy (non-hydrogen) atoms. The maximum Gasteiger partial charge on any atom is 0.270 e. The van der Waals surface area contributed by atoms with Crippen LogP contribution in [0, 0.1) is 19.8 Å². The van der Waals surface area contributed by atoms with Crippen molar-refractivity contribution in [1.29, 1.82) is 0 Å². The summed E-state index contributed by atoms with van der Waals surface area (Å²) < 4.78 is 10.9. The maximum absolute atomic E-state index is 12.9. The molecular weight excluding hydrogens is 382 g/mol. The summed E-state index contributed by atoms with van der Waals surface area (Å²) in [6.07, 6.45) is 1.60. The number of benzene rings is 1. The van der Waals surface area contributed by atoms with E-state index in [9.17, 15) is 9.59 Å². The highest BCUT2D eigenvalue weighted by atomic mass is 16.5. The van der Waals surface area contributed by atoms with E-state index in [0.717, 1.165) is 29.7 Å². The number of H-pyrrole nitrogens is 1. The maximum atomic E-state index is 12.9. The Balaban J connectivity index is 1.59. The van der Waals surface area contributed by atoms with Crippen molar-refractivity contribution in [2.75, 3.05) is 26.8 Å². The summed E-state index contributed by atoms with van der Waals surface area (Å²) in [4.78, 5) is 30.6. The molecule has 7 heteroatoms. The summed E-state index contributed by atoms with van der Waals surface area (Å²) in [5.74, 6) is 1.07. The highest BCUT2D eigenvalue weighted by Gasteiger charge is 2.30. The second kappa shape index (κ2) is 9.69. The zero-order valence-electron chi connectivity index (χ0n) is 18.2. The van der Waals surface area contributed by atoms with Crippen LogP contribution in [-0.4, -0.2) is 48.5 Å². The van der Waals surface area contributed by atoms with Gasteiger partial charge in [0.2, 0.25) is 5.91 Å². The fourth-order valence-electron chi connectivity index (χ4n) is 3.91. The molecule has 1 aliphatic heterocycles. The van der Waals surface area contributed by atoms with Gasteiger partial charge < -0.3 is 24.7 Å². The van der Waals surface area contributed by atoms with Crippen LogP contribution in [-0.2, 0) is 11.3 Å². The van der Waals surface area contributed by atoms with E-state index in [1.54, 1.807) is 12.0 Å². The van der Waals surface area contributed by atoms with Crippen LogP contribution >= 0.6 is 0 Å². The first kappa shape index (κ1) is 21.7. The summed E-state index contributed by atoms with van der Waals surface area (Å²) >= 11 is 0. The molecule has 3 rings (SSSR count). The highest BCUT2D eigenvalue weighted by Crippen LogP contribution is 2.28. The van der Waals surface area contributed by atoms with Crippen molar-refractivity contribution in [2.24, 2.45) is 5.92 Å². The van der Waals surface area contributed by atoms with Gasteiger partial charge in [0.15, 0.2) is 11.5 Å². The first-order valence-electron chi connectivity index (χ1n) is 10.5. The minimum absolute atomic E-state index is 0.0280. The third kappa shape index (κ3) is 4.96. The Hall–Kier alpha value is -2.96. The Morgan fingerprint density at radius 1 is 1.23 bits per heavy atom. The lowest BCUT2D eigenvalue weighted by Gasteiger charge is -2.32.